The molecule has 0 radical (unpaired) electrons. The number of hydrogen-bond donors (Lipinski definition) is 2. The maximum Gasteiger partial charge on any atom is 0.179 e. The van der Waals surface area contributed by atoms with E-state index in [-0.39, 0.29) is 6.61 Å². The lowest BCUT2D eigenvalue weighted by Gasteiger charge is -2.25. The Balaban J connectivity index is 2.20. The highest BCUT2D eigenvalue weighted by Gasteiger charge is 2.30. The maximum atomic E-state index is 10.2. The Labute approximate surface area is 146 Å². The summed E-state index contributed by atoms with van der Waals surface area (Å²) < 4.78 is 10.6. The topological polar surface area (TPSA) is 62.2 Å². The van der Waals surface area contributed by atoms with Gasteiger partial charge < -0.3 is 19.7 Å². The summed E-state index contributed by atoms with van der Waals surface area (Å²) in [5.41, 5.74) is -0.208. The van der Waals surface area contributed by atoms with Gasteiger partial charge in [-0.2, -0.15) is 0 Å². The molecule has 1 atom stereocenters. The zero-order valence-electron chi connectivity index (χ0n) is 13.4. The van der Waals surface area contributed by atoms with Crippen molar-refractivity contribution in [2.24, 2.45) is 0 Å². The third kappa shape index (κ3) is 4.22. The van der Waals surface area contributed by atoms with E-state index in [1.165, 1.54) is 14.2 Å². The van der Waals surface area contributed by atoms with Gasteiger partial charge >= 0.3 is 0 Å². The van der Waals surface area contributed by atoms with Gasteiger partial charge in [0.05, 0.1) is 36.5 Å². The number of hydrogen-bond acceptors (Lipinski definition) is 5. The Morgan fingerprint density at radius 1 is 1.22 bits per heavy atom. The zero-order valence-corrected chi connectivity index (χ0v) is 15.0. The number of likely N-dealkylation sites (tertiary alicyclic amines) is 1. The first kappa shape index (κ1) is 18.6. The lowest BCUT2D eigenvalue weighted by atomic mass is 9.96. The molecule has 1 heterocycles. The molecule has 1 saturated heterocycles. The Kier molecular flexibility index (Phi) is 6.40. The molecule has 0 amide bonds. The molecule has 1 aliphatic rings. The first-order chi connectivity index (χ1) is 10.9. The second-order valence-corrected chi connectivity index (χ2v) is 6.68. The van der Waals surface area contributed by atoms with Gasteiger partial charge in [0.1, 0.15) is 0 Å². The van der Waals surface area contributed by atoms with Crippen molar-refractivity contribution in [3.8, 4) is 11.5 Å². The molecule has 0 bridgehead atoms. The highest BCUT2D eigenvalue weighted by atomic mass is 35.5. The van der Waals surface area contributed by atoms with E-state index in [1.54, 1.807) is 6.07 Å². The molecule has 2 rings (SSSR count). The molecule has 0 spiro atoms. The molecular weight excluding hydrogens is 341 g/mol. The van der Waals surface area contributed by atoms with Crippen LogP contribution in [0.15, 0.2) is 6.07 Å². The molecular formula is C16H23Cl2NO4. The Hall–Kier alpha value is -0.720. The van der Waals surface area contributed by atoms with Crippen LogP contribution >= 0.6 is 23.2 Å². The smallest absolute Gasteiger partial charge is 0.179 e. The maximum absolute atomic E-state index is 10.2. The van der Waals surface area contributed by atoms with Crippen LogP contribution in [0.2, 0.25) is 10.0 Å². The van der Waals surface area contributed by atoms with Crippen LogP contribution in [0.4, 0.5) is 0 Å². The van der Waals surface area contributed by atoms with Gasteiger partial charge in [-0.25, -0.2) is 0 Å². The average molecular weight is 364 g/mol. The van der Waals surface area contributed by atoms with Crippen LogP contribution in [0.3, 0.4) is 0 Å². The number of benzene rings is 1. The van der Waals surface area contributed by atoms with E-state index in [0.717, 1.165) is 18.5 Å². The minimum Gasteiger partial charge on any atom is -0.493 e. The van der Waals surface area contributed by atoms with Gasteiger partial charge in [0.15, 0.2) is 11.5 Å². The molecule has 1 aromatic carbocycles. The van der Waals surface area contributed by atoms with Crippen molar-refractivity contribution in [3.05, 3.63) is 21.7 Å². The monoisotopic (exact) mass is 363 g/mol. The van der Waals surface area contributed by atoms with Gasteiger partial charge in [-0.3, -0.25) is 4.90 Å². The lowest BCUT2D eigenvalue weighted by molar-refractivity contribution is -0.0255. The highest BCUT2D eigenvalue weighted by Crippen LogP contribution is 2.42. The highest BCUT2D eigenvalue weighted by molar-refractivity contribution is 6.37. The molecule has 0 aliphatic carbocycles. The molecule has 5 nitrogen and oxygen atoms in total. The van der Waals surface area contributed by atoms with Crippen LogP contribution in [-0.2, 0) is 6.54 Å². The fourth-order valence-corrected chi connectivity index (χ4v) is 3.51. The molecule has 0 unspecified atom stereocenters. The van der Waals surface area contributed by atoms with Crippen LogP contribution in [-0.4, -0.2) is 54.6 Å². The number of rotatable bonds is 5. The van der Waals surface area contributed by atoms with Crippen molar-refractivity contribution in [1.29, 1.82) is 0 Å². The normalized spacial score (nSPS) is 22.7. The second-order valence-electron chi connectivity index (χ2n) is 5.90. The fraction of sp³-hybridized carbons (Fsp3) is 0.625. The van der Waals surface area contributed by atoms with E-state index < -0.39 is 5.60 Å². The number of nitrogens with zero attached hydrogens (tertiary/aromatic N) is 1. The zero-order chi connectivity index (χ0) is 17.0. The van der Waals surface area contributed by atoms with E-state index in [4.69, 9.17) is 32.7 Å². The van der Waals surface area contributed by atoms with Crippen molar-refractivity contribution < 1.29 is 19.7 Å². The molecule has 7 heteroatoms. The predicted molar refractivity (Wildman–Crippen MR) is 90.7 cm³/mol. The van der Waals surface area contributed by atoms with Crippen molar-refractivity contribution in [3.63, 3.8) is 0 Å². The summed E-state index contributed by atoms with van der Waals surface area (Å²) in [5.74, 6) is 0.965. The summed E-state index contributed by atoms with van der Waals surface area (Å²) in [7, 11) is 3.07. The van der Waals surface area contributed by atoms with Gasteiger partial charge in [-0.15, -0.1) is 0 Å². The average Bonchev–Trinajstić information content (AvgIpc) is 2.73. The SMILES string of the molecule is COc1cc(Cl)c(CN2CCC[C@](O)(CO)CC2)c(Cl)c1OC. The summed E-state index contributed by atoms with van der Waals surface area (Å²) >= 11 is 12.8. The first-order valence-corrected chi connectivity index (χ1v) is 8.34. The van der Waals surface area contributed by atoms with Gasteiger partial charge in [0.25, 0.3) is 0 Å². The second kappa shape index (κ2) is 7.90. The largest absolute Gasteiger partial charge is 0.493 e. The van der Waals surface area contributed by atoms with E-state index >= 15 is 0 Å². The van der Waals surface area contributed by atoms with Crippen LogP contribution in [0.1, 0.15) is 24.8 Å². The van der Waals surface area contributed by atoms with Crippen molar-refractivity contribution in [2.75, 3.05) is 33.9 Å². The van der Waals surface area contributed by atoms with E-state index in [0.29, 0.717) is 47.5 Å². The van der Waals surface area contributed by atoms with Gasteiger partial charge in [-0.1, -0.05) is 23.2 Å². The van der Waals surface area contributed by atoms with Crippen LogP contribution in [0.25, 0.3) is 0 Å². The molecule has 1 aromatic rings. The number of ether oxygens (including phenoxy) is 2. The number of methoxy groups -OCH3 is 2. The molecule has 1 fully saturated rings. The summed E-state index contributed by atoms with van der Waals surface area (Å²) in [4.78, 5) is 2.17. The minimum atomic E-state index is -0.986. The standard InChI is InChI=1S/C16H23Cl2NO4/c1-22-13-8-12(17)11(14(18)15(13)23-2)9-19-6-3-4-16(21,10-20)5-7-19/h8,20-21H,3-7,9-10H2,1-2H3/t16-/m1/s1. The summed E-state index contributed by atoms with van der Waals surface area (Å²) in [5, 5.41) is 20.5. The molecule has 0 aromatic heterocycles. The third-order valence-corrected chi connectivity index (χ3v) is 5.08. The van der Waals surface area contributed by atoms with Gasteiger partial charge in [0.2, 0.25) is 0 Å². The van der Waals surface area contributed by atoms with E-state index in [9.17, 15) is 10.2 Å². The lowest BCUT2D eigenvalue weighted by Crippen LogP contribution is -2.34. The van der Waals surface area contributed by atoms with E-state index in [2.05, 4.69) is 4.90 Å². The fourth-order valence-electron chi connectivity index (χ4n) is 2.88. The number of aliphatic hydroxyl groups is 2. The summed E-state index contributed by atoms with van der Waals surface area (Å²) in [6.45, 7) is 1.82. The molecule has 23 heavy (non-hydrogen) atoms. The van der Waals surface area contributed by atoms with Gasteiger partial charge in [-0.05, 0) is 25.8 Å². The third-order valence-electron chi connectivity index (χ3n) is 4.34. The molecule has 0 saturated carbocycles. The Morgan fingerprint density at radius 3 is 2.57 bits per heavy atom. The quantitative estimate of drug-likeness (QED) is 0.841. The summed E-state index contributed by atoms with van der Waals surface area (Å²) in [6.07, 6.45) is 1.92. The van der Waals surface area contributed by atoms with Crippen LogP contribution in [0, 0.1) is 0 Å². The number of aliphatic hydroxyl groups excluding tert-OH is 1. The number of halogens is 2. The predicted octanol–water partition coefficient (Wildman–Crippen LogP) is 2.72. The first-order valence-electron chi connectivity index (χ1n) is 7.58. The Morgan fingerprint density at radius 2 is 1.96 bits per heavy atom. The minimum absolute atomic E-state index is 0.210. The molecule has 2 N–H and O–H groups in total. The molecule has 130 valence electrons. The summed E-state index contributed by atoms with van der Waals surface area (Å²) in [6, 6.07) is 1.70. The van der Waals surface area contributed by atoms with Crippen molar-refractivity contribution in [2.45, 2.75) is 31.4 Å². The van der Waals surface area contributed by atoms with Crippen LogP contribution < -0.4 is 9.47 Å². The Bertz CT molecular complexity index is 555. The van der Waals surface area contributed by atoms with Crippen molar-refractivity contribution >= 4 is 23.2 Å². The van der Waals surface area contributed by atoms with Gasteiger partial charge in [0, 0.05) is 24.7 Å². The molecule has 1 aliphatic heterocycles. The van der Waals surface area contributed by atoms with Crippen LogP contribution in [0.5, 0.6) is 11.5 Å². The van der Waals surface area contributed by atoms with Crippen molar-refractivity contribution in [1.82, 2.24) is 4.90 Å². The van der Waals surface area contributed by atoms with E-state index in [1.807, 2.05) is 0 Å².